The summed E-state index contributed by atoms with van der Waals surface area (Å²) in [5.74, 6) is 0.521. The van der Waals surface area contributed by atoms with Crippen molar-refractivity contribution in [1.82, 2.24) is 4.98 Å². The molecular weight excluding hydrogens is 200 g/mol. The first-order valence-corrected chi connectivity index (χ1v) is 5.25. The van der Waals surface area contributed by atoms with Crippen LogP contribution in [-0.4, -0.2) is 10.9 Å². The molecule has 3 nitrogen and oxygen atoms in total. The van der Waals surface area contributed by atoms with E-state index in [4.69, 9.17) is 0 Å². The van der Waals surface area contributed by atoms with Gasteiger partial charge in [0.2, 0.25) is 5.91 Å². The number of anilines is 1. The largest absolute Gasteiger partial charge is 0.310 e. The number of amides is 1. The number of hydrogen-bond acceptors (Lipinski definition) is 2. The molecule has 0 radical (unpaired) electrons. The molecule has 16 heavy (non-hydrogen) atoms. The van der Waals surface area contributed by atoms with Crippen LogP contribution in [0.1, 0.15) is 31.9 Å². The van der Waals surface area contributed by atoms with Crippen LogP contribution in [0.25, 0.3) is 6.08 Å². The molecule has 0 aliphatic carbocycles. The predicted molar refractivity (Wildman–Crippen MR) is 67.1 cm³/mol. The van der Waals surface area contributed by atoms with Gasteiger partial charge in [0, 0.05) is 17.2 Å². The number of carbonyl (C=O) groups is 1. The van der Waals surface area contributed by atoms with Crippen molar-refractivity contribution in [2.45, 2.75) is 27.7 Å². The summed E-state index contributed by atoms with van der Waals surface area (Å²) in [5.41, 5.74) is 1.46. The summed E-state index contributed by atoms with van der Waals surface area (Å²) in [6.45, 7) is 11.3. The molecule has 1 rings (SSSR count). The van der Waals surface area contributed by atoms with Crippen molar-refractivity contribution < 1.29 is 4.79 Å². The van der Waals surface area contributed by atoms with Crippen LogP contribution < -0.4 is 5.32 Å². The summed E-state index contributed by atoms with van der Waals surface area (Å²) < 4.78 is 0. The van der Waals surface area contributed by atoms with Gasteiger partial charge in [0.05, 0.1) is 0 Å². The first-order chi connectivity index (χ1) is 7.34. The lowest BCUT2D eigenvalue weighted by atomic mass is 9.95. The molecule has 0 saturated heterocycles. The zero-order valence-electron chi connectivity index (χ0n) is 10.3. The lowest BCUT2D eigenvalue weighted by Crippen LogP contribution is -2.28. The van der Waals surface area contributed by atoms with Gasteiger partial charge in [-0.2, -0.15) is 0 Å². The Morgan fingerprint density at radius 1 is 1.50 bits per heavy atom. The molecule has 1 aromatic heterocycles. The first kappa shape index (κ1) is 12.4. The molecule has 0 atom stereocenters. The van der Waals surface area contributed by atoms with Gasteiger partial charge in [-0.25, -0.2) is 4.98 Å². The van der Waals surface area contributed by atoms with Gasteiger partial charge in [-0.15, -0.1) is 0 Å². The van der Waals surface area contributed by atoms with Crippen molar-refractivity contribution in [1.29, 1.82) is 0 Å². The molecule has 0 saturated carbocycles. The van der Waals surface area contributed by atoms with Crippen LogP contribution in [0.3, 0.4) is 0 Å². The third-order valence-corrected chi connectivity index (χ3v) is 2.19. The highest BCUT2D eigenvalue weighted by Crippen LogP contribution is 2.20. The van der Waals surface area contributed by atoms with E-state index in [1.54, 1.807) is 12.3 Å². The Morgan fingerprint density at radius 3 is 2.62 bits per heavy atom. The highest BCUT2D eigenvalue weighted by molar-refractivity contribution is 5.95. The topological polar surface area (TPSA) is 42.0 Å². The molecule has 0 unspecified atom stereocenters. The monoisotopic (exact) mass is 218 g/mol. The van der Waals surface area contributed by atoms with E-state index in [1.807, 2.05) is 33.8 Å². The van der Waals surface area contributed by atoms with E-state index in [-0.39, 0.29) is 5.91 Å². The van der Waals surface area contributed by atoms with E-state index in [9.17, 15) is 4.79 Å². The fourth-order valence-corrected chi connectivity index (χ4v) is 1.15. The number of nitrogens with one attached hydrogen (secondary N) is 1. The lowest BCUT2D eigenvalue weighted by molar-refractivity contribution is -0.123. The van der Waals surface area contributed by atoms with E-state index >= 15 is 0 Å². The Hall–Kier alpha value is -1.64. The maximum atomic E-state index is 11.8. The summed E-state index contributed by atoms with van der Waals surface area (Å²) in [5, 5.41) is 2.81. The van der Waals surface area contributed by atoms with Crippen molar-refractivity contribution in [2.75, 3.05) is 5.32 Å². The van der Waals surface area contributed by atoms with Crippen molar-refractivity contribution in [3.63, 3.8) is 0 Å². The van der Waals surface area contributed by atoms with Crippen LogP contribution in [0.2, 0.25) is 0 Å². The van der Waals surface area contributed by atoms with E-state index < -0.39 is 5.41 Å². The predicted octanol–water partition coefficient (Wildman–Crippen LogP) is 3.02. The van der Waals surface area contributed by atoms with Crippen LogP contribution in [0.5, 0.6) is 0 Å². The normalized spacial score (nSPS) is 11.0. The van der Waals surface area contributed by atoms with Crippen LogP contribution in [0.15, 0.2) is 18.8 Å². The van der Waals surface area contributed by atoms with Crippen LogP contribution in [0, 0.1) is 12.3 Å². The van der Waals surface area contributed by atoms with E-state index in [2.05, 4.69) is 16.9 Å². The standard InChI is InChI=1S/C13H18N2O/c1-6-10-7-9(2)8-14-11(10)15-12(16)13(3,4)5/h6-8H,1H2,2-5H3,(H,14,15,16). The molecule has 1 heterocycles. The number of aryl methyl sites for hydroxylation is 1. The molecule has 1 aromatic rings. The van der Waals surface area contributed by atoms with E-state index in [0.29, 0.717) is 5.82 Å². The minimum atomic E-state index is -0.426. The zero-order valence-corrected chi connectivity index (χ0v) is 10.3. The molecule has 0 spiro atoms. The highest BCUT2D eigenvalue weighted by atomic mass is 16.2. The molecule has 0 aliphatic rings. The number of pyridine rings is 1. The van der Waals surface area contributed by atoms with Gasteiger partial charge in [0.25, 0.3) is 0 Å². The summed E-state index contributed by atoms with van der Waals surface area (Å²) in [7, 11) is 0. The SMILES string of the molecule is C=Cc1cc(C)cnc1NC(=O)C(C)(C)C. The van der Waals surface area contributed by atoms with Crippen molar-refractivity contribution in [2.24, 2.45) is 5.41 Å². The van der Waals surface area contributed by atoms with Crippen LogP contribution in [0.4, 0.5) is 5.82 Å². The van der Waals surface area contributed by atoms with Crippen LogP contribution in [-0.2, 0) is 4.79 Å². The average molecular weight is 218 g/mol. The Balaban J connectivity index is 2.98. The second-order valence-corrected chi connectivity index (χ2v) is 4.86. The lowest BCUT2D eigenvalue weighted by Gasteiger charge is -2.18. The van der Waals surface area contributed by atoms with Crippen molar-refractivity contribution in [3.05, 3.63) is 30.0 Å². The smallest absolute Gasteiger partial charge is 0.230 e. The Kier molecular flexibility index (Phi) is 3.48. The number of rotatable bonds is 2. The molecule has 1 N–H and O–H groups in total. The summed E-state index contributed by atoms with van der Waals surface area (Å²) in [6, 6.07) is 1.94. The van der Waals surface area contributed by atoms with Gasteiger partial charge in [-0.1, -0.05) is 33.4 Å². The molecule has 86 valence electrons. The Bertz CT molecular complexity index is 416. The number of hydrogen-bond donors (Lipinski definition) is 1. The number of aromatic nitrogens is 1. The summed E-state index contributed by atoms with van der Waals surface area (Å²) in [4.78, 5) is 16.0. The van der Waals surface area contributed by atoms with Crippen LogP contribution >= 0.6 is 0 Å². The molecule has 1 amide bonds. The fourth-order valence-electron chi connectivity index (χ4n) is 1.15. The number of carbonyl (C=O) groups excluding carboxylic acids is 1. The maximum absolute atomic E-state index is 11.8. The fraction of sp³-hybridized carbons (Fsp3) is 0.385. The minimum absolute atomic E-state index is 0.0491. The van der Waals surface area contributed by atoms with Gasteiger partial charge in [-0.05, 0) is 18.6 Å². The Morgan fingerprint density at radius 2 is 2.12 bits per heavy atom. The second kappa shape index (κ2) is 4.47. The van der Waals surface area contributed by atoms with Crippen molar-refractivity contribution >= 4 is 17.8 Å². The van der Waals surface area contributed by atoms with E-state index in [1.165, 1.54) is 0 Å². The molecule has 0 aliphatic heterocycles. The minimum Gasteiger partial charge on any atom is -0.310 e. The third-order valence-electron chi connectivity index (χ3n) is 2.19. The molecular formula is C13H18N2O. The number of nitrogens with zero attached hydrogens (tertiary/aromatic N) is 1. The van der Waals surface area contributed by atoms with E-state index in [0.717, 1.165) is 11.1 Å². The van der Waals surface area contributed by atoms with Gasteiger partial charge in [0.15, 0.2) is 0 Å². The zero-order chi connectivity index (χ0) is 12.3. The van der Waals surface area contributed by atoms with Gasteiger partial charge >= 0.3 is 0 Å². The molecule has 0 bridgehead atoms. The average Bonchev–Trinajstić information content (AvgIpc) is 2.19. The van der Waals surface area contributed by atoms with Gasteiger partial charge < -0.3 is 5.32 Å². The molecule has 0 fully saturated rings. The highest BCUT2D eigenvalue weighted by Gasteiger charge is 2.22. The Labute approximate surface area is 96.6 Å². The first-order valence-electron chi connectivity index (χ1n) is 5.25. The summed E-state index contributed by atoms with van der Waals surface area (Å²) in [6.07, 6.45) is 3.42. The molecule has 3 heteroatoms. The van der Waals surface area contributed by atoms with Crippen molar-refractivity contribution in [3.8, 4) is 0 Å². The van der Waals surface area contributed by atoms with Gasteiger partial charge in [-0.3, -0.25) is 4.79 Å². The summed E-state index contributed by atoms with van der Waals surface area (Å²) >= 11 is 0. The maximum Gasteiger partial charge on any atom is 0.230 e. The second-order valence-electron chi connectivity index (χ2n) is 4.86. The third kappa shape index (κ3) is 2.92. The quantitative estimate of drug-likeness (QED) is 0.829. The molecule has 0 aromatic carbocycles. The van der Waals surface area contributed by atoms with Gasteiger partial charge in [0.1, 0.15) is 5.82 Å².